The zero-order valence-electron chi connectivity index (χ0n) is 8.03. The van der Waals surface area contributed by atoms with Crippen LogP contribution in [0.2, 0.25) is 0 Å². The standard InChI is InChI=1S/C11H12N2O/c1-9-4-2-3-5-10(9)14-8-11-12-6-7-13-11/h2-7H,8H2,1H3,(H,12,13). The highest BCUT2D eigenvalue weighted by atomic mass is 16.5. The molecular formula is C11H12N2O. The van der Waals surface area contributed by atoms with Crippen LogP contribution in [0.3, 0.4) is 0 Å². The highest BCUT2D eigenvalue weighted by Crippen LogP contribution is 2.16. The summed E-state index contributed by atoms with van der Waals surface area (Å²) in [6.07, 6.45) is 3.51. The summed E-state index contributed by atoms with van der Waals surface area (Å²) in [6, 6.07) is 7.94. The molecule has 1 N–H and O–H groups in total. The molecule has 0 fully saturated rings. The number of para-hydroxylation sites is 1. The highest BCUT2D eigenvalue weighted by Gasteiger charge is 1.99. The van der Waals surface area contributed by atoms with Gasteiger partial charge in [-0.3, -0.25) is 0 Å². The molecule has 1 aromatic carbocycles. The third kappa shape index (κ3) is 1.93. The quantitative estimate of drug-likeness (QED) is 0.802. The fourth-order valence-electron chi connectivity index (χ4n) is 1.24. The van der Waals surface area contributed by atoms with E-state index in [0.29, 0.717) is 6.61 Å². The Morgan fingerprint density at radius 1 is 1.36 bits per heavy atom. The number of imidazole rings is 1. The molecular weight excluding hydrogens is 176 g/mol. The molecule has 2 rings (SSSR count). The number of H-pyrrole nitrogens is 1. The Kier molecular flexibility index (Phi) is 2.49. The average molecular weight is 188 g/mol. The molecule has 0 bridgehead atoms. The summed E-state index contributed by atoms with van der Waals surface area (Å²) in [6.45, 7) is 2.51. The Morgan fingerprint density at radius 2 is 2.21 bits per heavy atom. The summed E-state index contributed by atoms with van der Waals surface area (Å²) < 4.78 is 5.59. The van der Waals surface area contributed by atoms with E-state index >= 15 is 0 Å². The van der Waals surface area contributed by atoms with Crippen LogP contribution < -0.4 is 4.74 Å². The molecule has 0 spiro atoms. The lowest BCUT2D eigenvalue weighted by atomic mass is 10.2. The lowest BCUT2D eigenvalue weighted by molar-refractivity contribution is 0.295. The first-order valence-corrected chi connectivity index (χ1v) is 4.53. The Hall–Kier alpha value is -1.77. The summed E-state index contributed by atoms with van der Waals surface area (Å²) >= 11 is 0. The van der Waals surface area contributed by atoms with Crippen molar-refractivity contribution in [3.05, 3.63) is 48.0 Å². The van der Waals surface area contributed by atoms with Crippen LogP contribution >= 0.6 is 0 Å². The van der Waals surface area contributed by atoms with Gasteiger partial charge in [-0.1, -0.05) is 18.2 Å². The highest BCUT2D eigenvalue weighted by molar-refractivity contribution is 5.31. The number of aromatic amines is 1. The molecule has 0 aliphatic rings. The van der Waals surface area contributed by atoms with Gasteiger partial charge in [-0.25, -0.2) is 4.98 Å². The van der Waals surface area contributed by atoms with Crippen LogP contribution in [0.25, 0.3) is 0 Å². The molecule has 0 unspecified atom stereocenters. The molecule has 0 saturated heterocycles. The van der Waals surface area contributed by atoms with E-state index in [-0.39, 0.29) is 0 Å². The Labute approximate surface area is 82.8 Å². The number of nitrogens with one attached hydrogen (secondary N) is 1. The summed E-state index contributed by atoms with van der Waals surface area (Å²) in [7, 11) is 0. The second kappa shape index (κ2) is 3.96. The number of rotatable bonds is 3. The van der Waals surface area contributed by atoms with Gasteiger partial charge in [0.25, 0.3) is 0 Å². The van der Waals surface area contributed by atoms with Gasteiger partial charge in [0.15, 0.2) is 0 Å². The molecule has 0 saturated carbocycles. The first-order chi connectivity index (χ1) is 6.86. The van der Waals surface area contributed by atoms with Gasteiger partial charge < -0.3 is 9.72 Å². The second-order valence-corrected chi connectivity index (χ2v) is 3.09. The van der Waals surface area contributed by atoms with Crippen molar-refractivity contribution in [2.45, 2.75) is 13.5 Å². The molecule has 1 aromatic heterocycles. The van der Waals surface area contributed by atoms with Crippen molar-refractivity contribution in [1.82, 2.24) is 9.97 Å². The van der Waals surface area contributed by atoms with E-state index in [1.54, 1.807) is 12.4 Å². The van der Waals surface area contributed by atoms with Crippen LogP contribution in [-0.4, -0.2) is 9.97 Å². The minimum Gasteiger partial charge on any atom is -0.485 e. The SMILES string of the molecule is Cc1ccccc1OCc1ncc[nH]1. The number of hydrogen-bond donors (Lipinski definition) is 1. The van der Waals surface area contributed by atoms with Crippen LogP contribution in [-0.2, 0) is 6.61 Å². The molecule has 1 heterocycles. The van der Waals surface area contributed by atoms with Crippen LogP contribution in [0.5, 0.6) is 5.75 Å². The molecule has 14 heavy (non-hydrogen) atoms. The van der Waals surface area contributed by atoms with Gasteiger partial charge in [-0.15, -0.1) is 0 Å². The maximum absolute atomic E-state index is 5.59. The Bertz CT molecular complexity index is 395. The normalized spacial score (nSPS) is 10.1. The van der Waals surface area contributed by atoms with E-state index in [0.717, 1.165) is 17.1 Å². The lowest BCUT2D eigenvalue weighted by Crippen LogP contribution is -1.98. The van der Waals surface area contributed by atoms with Crippen LogP contribution in [0.1, 0.15) is 11.4 Å². The van der Waals surface area contributed by atoms with Gasteiger partial charge in [0, 0.05) is 12.4 Å². The molecule has 0 aliphatic heterocycles. The van der Waals surface area contributed by atoms with Crippen molar-refractivity contribution < 1.29 is 4.74 Å². The van der Waals surface area contributed by atoms with Gasteiger partial charge in [0.05, 0.1) is 0 Å². The van der Waals surface area contributed by atoms with Gasteiger partial charge >= 0.3 is 0 Å². The number of aromatic nitrogens is 2. The molecule has 72 valence electrons. The van der Waals surface area contributed by atoms with Crippen molar-refractivity contribution in [3.8, 4) is 5.75 Å². The van der Waals surface area contributed by atoms with E-state index in [9.17, 15) is 0 Å². The van der Waals surface area contributed by atoms with Crippen molar-refractivity contribution >= 4 is 0 Å². The first-order valence-electron chi connectivity index (χ1n) is 4.53. The molecule has 0 amide bonds. The maximum Gasteiger partial charge on any atom is 0.146 e. The Balaban J connectivity index is 2.02. The van der Waals surface area contributed by atoms with Crippen LogP contribution in [0.4, 0.5) is 0 Å². The average Bonchev–Trinajstić information content (AvgIpc) is 2.69. The zero-order valence-corrected chi connectivity index (χ0v) is 8.03. The predicted molar refractivity (Wildman–Crippen MR) is 54.1 cm³/mol. The van der Waals surface area contributed by atoms with Gasteiger partial charge in [-0.2, -0.15) is 0 Å². The third-order valence-electron chi connectivity index (χ3n) is 2.01. The van der Waals surface area contributed by atoms with Crippen molar-refractivity contribution in [3.63, 3.8) is 0 Å². The minimum absolute atomic E-state index is 0.484. The lowest BCUT2D eigenvalue weighted by Gasteiger charge is -2.06. The monoisotopic (exact) mass is 188 g/mol. The van der Waals surface area contributed by atoms with Crippen molar-refractivity contribution in [2.24, 2.45) is 0 Å². The van der Waals surface area contributed by atoms with Crippen LogP contribution in [0, 0.1) is 6.92 Å². The first kappa shape index (κ1) is 8.81. The molecule has 2 aromatic rings. The minimum atomic E-state index is 0.484. The number of ether oxygens (including phenoxy) is 1. The Morgan fingerprint density at radius 3 is 2.93 bits per heavy atom. The largest absolute Gasteiger partial charge is 0.485 e. The molecule has 0 aliphatic carbocycles. The summed E-state index contributed by atoms with van der Waals surface area (Å²) in [5, 5.41) is 0. The van der Waals surface area contributed by atoms with E-state index in [1.807, 2.05) is 31.2 Å². The molecule has 0 radical (unpaired) electrons. The number of benzene rings is 1. The topological polar surface area (TPSA) is 37.9 Å². The van der Waals surface area contributed by atoms with Crippen LogP contribution in [0.15, 0.2) is 36.7 Å². The zero-order chi connectivity index (χ0) is 9.80. The van der Waals surface area contributed by atoms with E-state index in [1.165, 1.54) is 0 Å². The number of nitrogens with zero attached hydrogens (tertiary/aromatic N) is 1. The smallest absolute Gasteiger partial charge is 0.146 e. The van der Waals surface area contributed by atoms with E-state index in [4.69, 9.17) is 4.74 Å². The molecule has 0 atom stereocenters. The van der Waals surface area contributed by atoms with Gasteiger partial charge in [0.2, 0.25) is 0 Å². The predicted octanol–water partition coefficient (Wildman–Crippen LogP) is 2.30. The second-order valence-electron chi connectivity index (χ2n) is 3.09. The maximum atomic E-state index is 5.59. The molecule has 3 nitrogen and oxygen atoms in total. The number of aryl methyl sites for hydroxylation is 1. The third-order valence-corrected chi connectivity index (χ3v) is 2.01. The summed E-state index contributed by atoms with van der Waals surface area (Å²) in [4.78, 5) is 7.07. The van der Waals surface area contributed by atoms with Gasteiger partial charge in [-0.05, 0) is 18.6 Å². The van der Waals surface area contributed by atoms with Crippen molar-refractivity contribution in [1.29, 1.82) is 0 Å². The summed E-state index contributed by atoms with van der Waals surface area (Å²) in [5.41, 5.74) is 1.14. The molecule has 3 heteroatoms. The van der Waals surface area contributed by atoms with Gasteiger partial charge in [0.1, 0.15) is 18.2 Å². The van der Waals surface area contributed by atoms with E-state index in [2.05, 4.69) is 9.97 Å². The number of hydrogen-bond acceptors (Lipinski definition) is 2. The fourth-order valence-corrected chi connectivity index (χ4v) is 1.24. The summed E-state index contributed by atoms with van der Waals surface area (Å²) in [5.74, 6) is 1.75. The van der Waals surface area contributed by atoms with E-state index < -0.39 is 0 Å². The fraction of sp³-hybridized carbons (Fsp3) is 0.182. The van der Waals surface area contributed by atoms with Crippen molar-refractivity contribution in [2.75, 3.05) is 0 Å².